The molecule has 37 heavy (non-hydrogen) atoms. The van der Waals surface area contributed by atoms with Crippen LogP contribution in [0.3, 0.4) is 0 Å². The average molecular weight is 508 g/mol. The van der Waals surface area contributed by atoms with Gasteiger partial charge in [0.2, 0.25) is 11.8 Å². The molecule has 3 aromatic rings. The van der Waals surface area contributed by atoms with Crippen LogP contribution in [0.15, 0.2) is 24.5 Å². The molecule has 2 aliphatic rings. The van der Waals surface area contributed by atoms with Crippen LogP contribution in [-0.4, -0.2) is 70.8 Å². The quantitative estimate of drug-likeness (QED) is 0.470. The number of carbonyl (C=O) groups is 2. The number of anilines is 1. The minimum absolute atomic E-state index is 0.0148. The zero-order valence-corrected chi connectivity index (χ0v) is 21.5. The van der Waals surface area contributed by atoms with Crippen molar-refractivity contribution in [3.63, 3.8) is 0 Å². The summed E-state index contributed by atoms with van der Waals surface area (Å²) in [6.07, 6.45) is 6.52. The van der Waals surface area contributed by atoms with Crippen molar-refractivity contribution in [2.45, 2.75) is 57.5 Å². The lowest BCUT2D eigenvalue weighted by atomic mass is 10.0. The third-order valence-electron chi connectivity index (χ3n) is 7.11. The van der Waals surface area contributed by atoms with Crippen molar-refractivity contribution in [3.05, 3.63) is 41.3 Å². The summed E-state index contributed by atoms with van der Waals surface area (Å²) in [4.78, 5) is 36.5. The first-order chi connectivity index (χ1) is 17.9. The van der Waals surface area contributed by atoms with Crippen LogP contribution in [-0.2, 0) is 28.9 Å². The van der Waals surface area contributed by atoms with E-state index in [9.17, 15) is 9.59 Å². The number of ether oxygens (including phenoxy) is 2. The summed E-state index contributed by atoms with van der Waals surface area (Å²) in [5.74, 6) is 2.54. The fraction of sp³-hybridized carbons (Fsp3) is 0.500. The highest BCUT2D eigenvalue weighted by Gasteiger charge is 2.30. The van der Waals surface area contributed by atoms with Crippen molar-refractivity contribution in [1.29, 1.82) is 0 Å². The Labute approximate surface area is 215 Å². The van der Waals surface area contributed by atoms with Crippen LogP contribution in [0.25, 0.3) is 5.78 Å². The van der Waals surface area contributed by atoms with Crippen molar-refractivity contribution < 1.29 is 19.1 Å². The number of amides is 2. The molecule has 0 saturated carbocycles. The third kappa shape index (κ3) is 5.30. The van der Waals surface area contributed by atoms with E-state index in [1.54, 1.807) is 26.6 Å². The maximum absolute atomic E-state index is 13.3. The van der Waals surface area contributed by atoms with Crippen LogP contribution in [0.1, 0.15) is 43.0 Å². The Bertz CT molecular complexity index is 1280. The number of piperidine rings is 1. The first-order valence-electron chi connectivity index (χ1n) is 12.7. The summed E-state index contributed by atoms with van der Waals surface area (Å²) < 4.78 is 12.5. The van der Waals surface area contributed by atoms with E-state index in [4.69, 9.17) is 9.47 Å². The van der Waals surface area contributed by atoms with Gasteiger partial charge >= 0.3 is 0 Å². The molecular weight excluding hydrogens is 474 g/mol. The van der Waals surface area contributed by atoms with E-state index >= 15 is 0 Å². The number of aromatic nitrogens is 4. The molecule has 2 N–H and O–H groups in total. The lowest BCUT2D eigenvalue weighted by Crippen LogP contribution is -2.52. The molecule has 1 aliphatic heterocycles. The first-order valence-corrected chi connectivity index (χ1v) is 12.7. The highest BCUT2D eigenvalue weighted by atomic mass is 16.5. The topological polar surface area (TPSA) is 123 Å². The molecule has 0 unspecified atom stereocenters. The molecule has 1 aliphatic carbocycles. The van der Waals surface area contributed by atoms with Crippen molar-refractivity contribution in [2.24, 2.45) is 0 Å². The molecular formula is C26H33N7O4. The number of methoxy groups -OCH3 is 2. The van der Waals surface area contributed by atoms with Gasteiger partial charge < -0.3 is 25.0 Å². The van der Waals surface area contributed by atoms with E-state index in [1.165, 1.54) is 12.5 Å². The summed E-state index contributed by atoms with van der Waals surface area (Å²) in [5, 5.41) is 10.4. The fourth-order valence-electron chi connectivity index (χ4n) is 5.34. The van der Waals surface area contributed by atoms with Gasteiger partial charge in [0.15, 0.2) is 0 Å². The first kappa shape index (κ1) is 24.8. The maximum atomic E-state index is 13.3. The Hall–Kier alpha value is -3.89. The maximum Gasteiger partial charge on any atom is 0.254 e. The van der Waals surface area contributed by atoms with Crippen LogP contribution in [0.4, 0.5) is 5.82 Å². The van der Waals surface area contributed by atoms with Gasteiger partial charge in [0.1, 0.15) is 29.7 Å². The van der Waals surface area contributed by atoms with Gasteiger partial charge in [-0.25, -0.2) is 4.98 Å². The van der Waals surface area contributed by atoms with Crippen LogP contribution >= 0.6 is 0 Å². The highest BCUT2D eigenvalue weighted by Crippen LogP contribution is 2.32. The van der Waals surface area contributed by atoms with Crippen molar-refractivity contribution in [3.8, 4) is 11.5 Å². The van der Waals surface area contributed by atoms with E-state index in [0.29, 0.717) is 23.7 Å². The standard InChI is InChI=1S/C26H33N7O4/c1-16(34)29-23(13-17-11-19(36-2)14-20(12-17)37-3)24(35)30-18-7-9-32(10-8-18)25-21-5-4-6-22(21)31-26-27-15-28-33(25)26/h11-12,14-15,18,23H,4-10,13H2,1-3H3,(H,29,34)(H,30,35)/t23-/m0/s1. The Balaban J connectivity index is 1.26. The predicted molar refractivity (Wildman–Crippen MR) is 137 cm³/mol. The zero-order chi connectivity index (χ0) is 25.9. The molecule has 0 spiro atoms. The van der Waals surface area contributed by atoms with Crippen molar-refractivity contribution in [1.82, 2.24) is 30.2 Å². The Morgan fingerprint density at radius 1 is 1.11 bits per heavy atom. The second-order valence-corrected chi connectivity index (χ2v) is 9.63. The highest BCUT2D eigenvalue weighted by molar-refractivity contribution is 5.87. The van der Waals surface area contributed by atoms with Gasteiger partial charge in [-0.05, 0) is 49.8 Å². The largest absolute Gasteiger partial charge is 0.497 e. The second-order valence-electron chi connectivity index (χ2n) is 9.63. The van der Waals surface area contributed by atoms with Gasteiger partial charge in [-0.3, -0.25) is 9.59 Å². The van der Waals surface area contributed by atoms with Crippen molar-refractivity contribution in [2.75, 3.05) is 32.2 Å². The molecule has 3 heterocycles. The molecule has 11 nitrogen and oxygen atoms in total. The summed E-state index contributed by atoms with van der Waals surface area (Å²) >= 11 is 0. The molecule has 0 radical (unpaired) electrons. The monoisotopic (exact) mass is 507 g/mol. The number of benzene rings is 1. The molecule has 5 rings (SSSR count). The smallest absolute Gasteiger partial charge is 0.254 e. The van der Waals surface area contributed by atoms with Gasteiger partial charge in [0, 0.05) is 44.1 Å². The molecule has 11 heteroatoms. The molecule has 1 aromatic carbocycles. The SMILES string of the molecule is COc1cc(C[C@H](NC(C)=O)C(=O)NC2CCN(c3c4c(nc5ncnn35)CCC4)CC2)cc(OC)c1. The van der Waals surface area contributed by atoms with Crippen LogP contribution in [0.2, 0.25) is 0 Å². The Morgan fingerprint density at radius 2 is 1.84 bits per heavy atom. The summed E-state index contributed by atoms with van der Waals surface area (Å²) in [6, 6.07) is 4.78. The van der Waals surface area contributed by atoms with Gasteiger partial charge in [0.25, 0.3) is 5.78 Å². The number of aryl methyl sites for hydroxylation is 1. The predicted octanol–water partition coefficient (Wildman–Crippen LogP) is 1.46. The molecule has 1 saturated heterocycles. The van der Waals surface area contributed by atoms with E-state index in [-0.39, 0.29) is 17.9 Å². The van der Waals surface area contributed by atoms with Crippen LogP contribution in [0, 0.1) is 0 Å². The minimum atomic E-state index is -0.703. The molecule has 2 aromatic heterocycles. The number of nitrogens with one attached hydrogen (secondary N) is 2. The Kier molecular flexibility index (Phi) is 7.11. The Morgan fingerprint density at radius 3 is 2.51 bits per heavy atom. The molecule has 1 fully saturated rings. The van der Waals surface area contributed by atoms with E-state index in [0.717, 1.165) is 62.3 Å². The lowest BCUT2D eigenvalue weighted by Gasteiger charge is -2.35. The average Bonchev–Trinajstić information content (AvgIpc) is 3.56. The van der Waals surface area contributed by atoms with Gasteiger partial charge in [-0.2, -0.15) is 14.6 Å². The number of carbonyl (C=O) groups excluding carboxylic acids is 2. The van der Waals surface area contributed by atoms with E-state index in [2.05, 4.69) is 30.6 Å². The van der Waals surface area contributed by atoms with Gasteiger partial charge in [-0.1, -0.05) is 0 Å². The summed E-state index contributed by atoms with van der Waals surface area (Å²) in [5.41, 5.74) is 3.22. The second kappa shape index (κ2) is 10.6. The lowest BCUT2D eigenvalue weighted by molar-refractivity contribution is -0.128. The molecule has 196 valence electrons. The minimum Gasteiger partial charge on any atom is -0.497 e. The van der Waals surface area contributed by atoms with Gasteiger partial charge in [-0.15, -0.1) is 0 Å². The normalized spacial score (nSPS) is 16.4. The fourth-order valence-corrected chi connectivity index (χ4v) is 5.34. The summed E-state index contributed by atoms with van der Waals surface area (Å²) in [7, 11) is 3.16. The third-order valence-corrected chi connectivity index (χ3v) is 7.11. The molecule has 2 amide bonds. The number of nitrogens with zero attached hydrogens (tertiary/aromatic N) is 5. The molecule has 1 atom stereocenters. The number of rotatable bonds is 8. The summed E-state index contributed by atoms with van der Waals surface area (Å²) in [6.45, 7) is 2.99. The van der Waals surface area contributed by atoms with Gasteiger partial charge in [0.05, 0.1) is 19.9 Å². The van der Waals surface area contributed by atoms with E-state index < -0.39 is 6.04 Å². The number of hydrogen-bond donors (Lipinski definition) is 2. The van der Waals surface area contributed by atoms with E-state index in [1.807, 2.05) is 16.6 Å². The molecule has 0 bridgehead atoms. The number of hydrogen-bond acceptors (Lipinski definition) is 8. The zero-order valence-electron chi connectivity index (χ0n) is 21.5. The van der Waals surface area contributed by atoms with Crippen molar-refractivity contribution >= 4 is 23.4 Å². The van der Waals surface area contributed by atoms with Crippen LogP contribution < -0.4 is 25.0 Å². The van der Waals surface area contributed by atoms with Crippen LogP contribution in [0.5, 0.6) is 11.5 Å². The number of fused-ring (bicyclic) bond motifs is 2.